The number of sulfonamides is 1. The average molecular weight is 463 g/mol. The number of piperidine rings is 1. The number of aromatic nitrogens is 2. The third-order valence-electron chi connectivity index (χ3n) is 4.78. The second kappa shape index (κ2) is 8.81. The van der Waals surface area contributed by atoms with Crippen molar-refractivity contribution in [1.29, 1.82) is 0 Å². The molecule has 0 radical (unpaired) electrons. The topological polar surface area (TPSA) is 92.3 Å². The minimum atomic E-state index is -3.75. The monoisotopic (exact) mass is 462 g/mol. The molecule has 1 fully saturated rings. The first kappa shape index (κ1) is 20.9. The van der Waals surface area contributed by atoms with E-state index in [0.29, 0.717) is 29.6 Å². The highest BCUT2D eigenvalue weighted by atomic mass is 35.5. The molecule has 10 heteroatoms. The zero-order valence-electron chi connectivity index (χ0n) is 15.9. The van der Waals surface area contributed by atoms with Crippen LogP contribution >= 0.6 is 22.9 Å². The molecule has 0 spiro atoms. The second-order valence-corrected chi connectivity index (χ2v) is 9.99. The van der Waals surface area contributed by atoms with E-state index in [4.69, 9.17) is 11.6 Å². The molecule has 1 aliphatic heterocycles. The minimum absolute atomic E-state index is 0.0490. The summed E-state index contributed by atoms with van der Waals surface area (Å²) in [7, 11) is -3.75. The molecule has 2 aromatic heterocycles. The van der Waals surface area contributed by atoms with E-state index >= 15 is 0 Å². The van der Waals surface area contributed by atoms with Gasteiger partial charge in [0.05, 0.1) is 10.7 Å². The predicted molar refractivity (Wildman–Crippen MR) is 117 cm³/mol. The average Bonchev–Trinajstić information content (AvgIpc) is 3.23. The van der Waals surface area contributed by atoms with Crippen molar-refractivity contribution in [3.05, 3.63) is 58.6 Å². The number of amides is 1. The molecule has 0 unspecified atom stereocenters. The zero-order chi connectivity index (χ0) is 21.1. The van der Waals surface area contributed by atoms with Crippen molar-refractivity contribution in [3.63, 3.8) is 0 Å². The van der Waals surface area contributed by atoms with Gasteiger partial charge in [0.2, 0.25) is 10.0 Å². The summed E-state index contributed by atoms with van der Waals surface area (Å²) in [5.41, 5.74) is 1.56. The van der Waals surface area contributed by atoms with Crippen LogP contribution in [0.15, 0.2) is 52.9 Å². The predicted octanol–water partition coefficient (Wildman–Crippen LogP) is 4.29. The maximum Gasteiger partial charge on any atom is 0.257 e. The Hall–Kier alpha value is -2.33. The highest BCUT2D eigenvalue weighted by Crippen LogP contribution is 2.29. The fraction of sp³-hybridized carbons (Fsp3) is 0.250. The Morgan fingerprint density at radius 2 is 1.90 bits per heavy atom. The van der Waals surface area contributed by atoms with Gasteiger partial charge in [0, 0.05) is 30.2 Å². The van der Waals surface area contributed by atoms with E-state index in [9.17, 15) is 13.2 Å². The van der Waals surface area contributed by atoms with Gasteiger partial charge in [-0.3, -0.25) is 15.1 Å². The van der Waals surface area contributed by atoms with Gasteiger partial charge in [-0.05, 0) is 43.2 Å². The molecule has 3 heterocycles. The number of carbonyl (C=O) groups is 1. The Kier molecular flexibility index (Phi) is 6.14. The molecule has 1 amide bonds. The summed E-state index contributed by atoms with van der Waals surface area (Å²) in [5.74, 6) is -0.455. The van der Waals surface area contributed by atoms with Crippen molar-refractivity contribution in [3.8, 4) is 11.4 Å². The highest BCUT2D eigenvalue weighted by Gasteiger charge is 2.28. The van der Waals surface area contributed by atoms with Crippen LogP contribution in [-0.4, -0.2) is 41.7 Å². The van der Waals surface area contributed by atoms with Crippen molar-refractivity contribution in [2.45, 2.75) is 24.2 Å². The normalized spacial score (nSPS) is 15.1. The first-order chi connectivity index (χ1) is 14.4. The lowest BCUT2D eigenvalue weighted by atomic mass is 10.2. The number of anilines is 1. The molecule has 1 N–H and O–H groups in total. The molecule has 1 aliphatic rings. The van der Waals surface area contributed by atoms with Gasteiger partial charge in [-0.25, -0.2) is 13.4 Å². The van der Waals surface area contributed by atoms with Crippen LogP contribution in [0.5, 0.6) is 0 Å². The van der Waals surface area contributed by atoms with Gasteiger partial charge in [-0.15, -0.1) is 11.3 Å². The van der Waals surface area contributed by atoms with Gasteiger partial charge in [0.1, 0.15) is 10.6 Å². The smallest absolute Gasteiger partial charge is 0.257 e. The summed E-state index contributed by atoms with van der Waals surface area (Å²) in [5, 5.41) is 5.01. The maximum atomic E-state index is 13.0. The van der Waals surface area contributed by atoms with Gasteiger partial charge in [-0.1, -0.05) is 24.1 Å². The number of nitrogens with zero attached hydrogens (tertiary/aromatic N) is 3. The molecule has 1 saturated heterocycles. The van der Waals surface area contributed by atoms with Crippen LogP contribution in [0.3, 0.4) is 0 Å². The fourth-order valence-electron chi connectivity index (χ4n) is 3.22. The van der Waals surface area contributed by atoms with Gasteiger partial charge in [-0.2, -0.15) is 4.31 Å². The Morgan fingerprint density at radius 1 is 1.10 bits per heavy atom. The summed E-state index contributed by atoms with van der Waals surface area (Å²) in [6.07, 6.45) is 4.32. The SMILES string of the molecule is O=C(Nc1nc(-c2ccccn2)cs1)c1ccc(Cl)c(S(=O)(=O)N2CCCCC2)c1. The number of pyridine rings is 1. The molecular formula is C20H19ClN4O3S2. The summed E-state index contributed by atoms with van der Waals surface area (Å²) in [6.45, 7) is 0.926. The largest absolute Gasteiger partial charge is 0.298 e. The van der Waals surface area contributed by atoms with Crippen LogP contribution in [0.2, 0.25) is 5.02 Å². The molecule has 7 nitrogen and oxygen atoms in total. The van der Waals surface area contributed by atoms with Crippen molar-refractivity contribution in [2.75, 3.05) is 18.4 Å². The van der Waals surface area contributed by atoms with Gasteiger partial charge in [0.15, 0.2) is 5.13 Å². The van der Waals surface area contributed by atoms with Crippen LogP contribution in [-0.2, 0) is 10.0 Å². The number of hydrogen-bond donors (Lipinski definition) is 1. The molecule has 0 bridgehead atoms. The lowest BCUT2D eigenvalue weighted by molar-refractivity contribution is 0.102. The maximum absolute atomic E-state index is 13.0. The number of carbonyl (C=O) groups excluding carboxylic acids is 1. The molecule has 4 rings (SSSR count). The molecule has 0 aliphatic carbocycles. The number of benzene rings is 1. The van der Waals surface area contributed by atoms with Crippen molar-refractivity contribution in [1.82, 2.24) is 14.3 Å². The van der Waals surface area contributed by atoms with E-state index in [1.807, 2.05) is 18.2 Å². The number of rotatable bonds is 5. The molecule has 156 valence electrons. The third-order valence-corrected chi connectivity index (χ3v) is 7.92. The molecule has 0 saturated carbocycles. The Morgan fingerprint density at radius 3 is 2.63 bits per heavy atom. The Bertz CT molecular complexity index is 1160. The lowest BCUT2D eigenvalue weighted by Crippen LogP contribution is -2.35. The third kappa shape index (κ3) is 4.39. The van der Waals surface area contributed by atoms with E-state index in [1.165, 1.54) is 33.8 Å². The number of thiazole rings is 1. The molecular weight excluding hydrogens is 444 g/mol. The number of halogens is 1. The number of nitrogens with one attached hydrogen (secondary N) is 1. The minimum Gasteiger partial charge on any atom is -0.298 e. The van der Waals surface area contributed by atoms with Crippen molar-refractivity contribution >= 4 is 44.0 Å². The van der Waals surface area contributed by atoms with Gasteiger partial charge >= 0.3 is 0 Å². The molecule has 3 aromatic rings. The van der Waals surface area contributed by atoms with Crippen LogP contribution < -0.4 is 5.32 Å². The Balaban J connectivity index is 1.55. The molecule has 30 heavy (non-hydrogen) atoms. The van der Waals surface area contributed by atoms with Crippen LogP contribution in [0.4, 0.5) is 5.13 Å². The first-order valence-corrected chi connectivity index (χ1v) is 12.1. The van der Waals surface area contributed by atoms with E-state index in [-0.39, 0.29) is 15.5 Å². The molecule has 1 aromatic carbocycles. The van der Waals surface area contributed by atoms with Crippen molar-refractivity contribution < 1.29 is 13.2 Å². The lowest BCUT2D eigenvalue weighted by Gasteiger charge is -2.26. The molecule has 0 atom stereocenters. The quantitative estimate of drug-likeness (QED) is 0.610. The van der Waals surface area contributed by atoms with Crippen LogP contribution in [0.1, 0.15) is 29.6 Å². The Labute approximate surface area is 183 Å². The van der Waals surface area contributed by atoms with E-state index < -0.39 is 15.9 Å². The number of hydrogen-bond acceptors (Lipinski definition) is 6. The van der Waals surface area contributed by atoms with E-state index in [0.717, 1.165) is 19.3 Å². The summed E-state index contributed by atoms with van der Waals surface area (Å²) in [4.78, 5) is 21.3. The fourth-order valence-corrected chi connectivity index (χ4v) is 5.94. The van der Waals surface area contributed by atoms with E-state index in [1.54, 1.807) is 11.6 Å². The zero-order valence-corrected chi connectivity index (χ0v) is 18.3. The standard InChI is InChI=1S/C20H19ClN4O3S2/c21-15-8-7-14(12-18(15)30(27,28)25-10-4-1-5-11-25)19(26)24-20-23-17(13-29-20)16-6-2-3-9-22-16/h2-3,6-9,12-13H,1,4-5,10-11H2,(H,23,24,26). The van der Waals surface area contributed by atoms with E-state index in [2.05, 4.69) is 15.3 Å². The summed E-state index contributed by atoms with van der Waals surface area (Å²) in [6, 6.07) is 9.77. The highest BCUT2D eigenvalue weighted by molar-refractivity contribution is 7.89. The first-order valence-electron chi connectivity index (χ1n) is 9.43. The van der Waals surface area contributed by atoms with Gasteiger partial charge in [0.25, 0.3) is 5.91 Å². The summed E-state index contributed by atoms with van der Waals surface area (Å²) >= 11 is 7.45. The van der Waals surface area contributed by atoms with Crippen LogP contribution in [0.25, 0.3) is 11.4 Å². The van der Waals surface area contributed by atoms with Gasteiger partial charge < -0.3 is 0 Å². The van der Waals surface area contributed by atoms with Crippen LogP contribution in [0, 0.1) is 0 Å². The summed E-state index contributed by atoms with van der Waals surface area (Å²) < 4.78 is 27.4. The van der Waals surface area contributed by atoms with Crippen molar-refractivity contribution in [2.24, 2.45) is 0 Å². The second-order valence-electron chi connectivity index (χ2n) is 6.82.